The minimum Gasteiger partial charge on any atom is -0.491 e. The van der Waals surface area contributed by atoms with Gasteiger partial charge < -0.3 is 14.2 Å². The highest BCUT2D eigenvalue weighted by molar-refractivity contribution is 9.08. The summed E-state index contributed by atoms with van der Waals surface area (Å²) in [6.07, 6.45) is -3.93. The second kappa shape index (κ2) is 6.78. The molecule has 0 spiro atoms. The molecule has 0 fully saturated rings. The molecule has 0 aromatic carbocycles. The van der Waals surface area contributed by atoms with Crippen molar-refractivity contribution in [3.05, 3.63) is 17.5 Å². The number of carbonyl (C=O) groups excluding carboxylic acids is 1. The topological polar surface area (TPSA) is 57.7 Å². The van der Waals surface area contributed by atoms with Gasteiger partial charge in [-0.3, -0.25) is 4.98 Å². The molecule has 0 aliphatic heterocycles. The Bertz CT molecular complexity index is 493. The Labute approximate surface area is 121 Å². The third-order valence-electron chi connectivity index (χ3n) is 2.12. The van der Waals surface area contributed by atoms with Gasteiger partial charge in [-0.15, -0.1) is 13.2 Å². The lowest BCUT2D eigenvalue weighted by Crippen LogP contribution is -2.21. The lowest BCUT2D eigenvalue weighted by atomic mass is 10.1. The van der Waals surface area contributed by atoms with Gasteiger partial charge in [0.15, 0.2) is 11.5 Å². The van der Waals surface area contributed by atoms with Crippen LogP contribution in [0.3, 0.4) is 0 Å². The second-order valence-corrected chi connectivity index (χ2v) is 3.94. The maximum absolute atomic E-state index is 12.5. The maximum Gasteiger partial charge on any atom is 0.573 e. The molecule has 5 nitrogen and oxygen atoms in total. The molecule has 0 bridgehead atoms. The third kappa shape index (κ3) is 3.99. The van der Waals surface area contributed by atoms with Crippen LogP contribution < -0.4 is 9.47 Å². The van der Waals surface area contributed by atoms with E-state index in [9.17, 15) is 18.0 Å². The smallest absolute Gasteiger partial charge is 0.491 e. The van der Waals surface area contributed by atoms with Crippen molar-refractivity contribution in [1.82, 2.24) is 4.98 Å². The van der Waals surface area contributed by atoms with Crippen LogP contribution in [0.25, 0.3) is 0 Å². The predicted molar refractivity (Wildman–Crippen MR) is 66.1 cm³/mol. The van der Waals surface area contributed by atoms with Crippen molar-refractivity contribution in [1.29, 1.82) is 0 Å². The van der Waals surface area contributed by atoms with Crippen LogP contribution in [0.5, 0.6) is 11.5 Å². The van der Waals surface area contributed by atoms with E-state index in [4.69, 9.17) is 9.47 Å². The van der Waals surface area contributed by atoms with E-state index in [1.54, 1.807) is 0 Å². The Kier molecular flexibility index (Phi) is 5.61. The summed E-state index contributed by atoms with van der Waals surface area (Å²) in [4.78, 5) is 15.7. The Morgan fingerprint density at radius 1 is 1.45 bits per heavy atom. The molecule has 0 saturated carbocycles. The first-order valence-electron chi connectivity index (χ1n) is 5.38. The number of alkyl halides is 4. The summed E-state index contributed by atoms with van der Waals surface area (Å²) in [6, 6.07) is 0. The fraction of sp³-hybridized carbons (Fsp3) is 0.455. The molecule has 0 unspecified atom stereocenters. The number of hydrogen-bond acceptors (Lipinski definition) is 5. The van der Waals surface area contributed by atoms with Crippen molar-refractivity contribution in [2.24, 2.45) is 0 Å². The molecule has 0 aliphatic rings. The number of ether oxygens (including phenoxy) is 3. The molecule has 0 atom stereocenters. The number of rotatable bonds is 5. The van der Waals surface area contributed by atoms with Crippen molar-refractivity contribution in [3.63, 3.8) is 0 Å². The lowest BCUT2D eigenvalue weighted by Gasteiger charge is -2.17. The van der Waals surface area contributed by atoms with E-state index in [2.05, 4.69) is 25.7 Å². The van der Waals surface area contributed by atoms with E-state index >= 15 is 0 Å². The Morgan fingerprint density at radius 2 is 2.10 bits per heavy atom. The average Bonchev–Trinajstić information content (AvgIpc) is 2.36. The minimum absolute atomic E-state index is 0.00320. The van der Waals surface area contributed by atoms with Gasteiger partial charge in [0.1, 0.15) is 5.56 Å². The lowest BCUT2D eigenvalue weighted by molar-refractivity contribution is -0.275. The van der Waals surface area contributed by atoms with Gasteiger partial charge in [-0.2, -0.15) is 0 Å². The van der Waals surface area contributed by atoms with Crippen LogP contribution in [-0.4, -0.2) is 31.0 Å². The zero-order valence-corrected chi connectivity index (χ0v) is 12.2. The molecule has 112 valence electrons. The highest BCUT2D eigenvalue weighted by atomic mass is 79.9. The van der Waals surface area contributed by atoms with Crippen LogP contribution >= 0.6 is 15.9 Å². The van der Waals surface area contributed by atoms with Crippen LogP contribution in [0.2, 0.25) is 0 Å². The molecule has 1 rings (SSSR count). The molecule has 9 heteroatoms. The molecule has 0 radical (unpaired) electrons. The summed E-state index contributed by atoms with van der Waals surface area (Å²) < 4.78 is 50.7. The monoisotopic (exact) mass is 357 g/mol. The molecule has 20 heavy (non-hydrogen) atoms. The van der Waals surface area contributed by atoms with Crippen molar-refractivity contribution >= 4 is 21.9 Å². The van der Waals surface area contributed by atoms with Gasteiger partial charge in [0.25, 0.3) is 0 Å². The number of esters is 1. The number of nitrogens with zero attached hydrogens (tertiary/aromatic N) is 1. The van der Waals surface area contributed by atoms with Crippen LogP contribution in [0, 0.1) is 0 Å². The molecule has 0 amide bonds. The van der Waals surface area contributed by atoms with Gasteiger partial charge >= 0.3 is 12.3 Å². The van der Waals surface area contributed by atoms with Gasteiger partial charge in [0.2, 0.25) is 0 Å². The molecule has 0 aliphatic carbocycles. The van der Waals surface area contributed by atoms with E-state index in [0.29, 0.717) is 0 Å². The van der Waals surface area contributed by atoms with Gasteiger partial charge in [-0.05, 0) is 6.92 Å². The van der Waals surface area contributed by atoms with Gasteiger partial charge in [-0.25, -0.2) is 4.79 Å². The van der Waals surface area contributed by atoms with E-state index < -0.39 is 23.6 Å². The molecule has 0 N–H and O–H groups in total. The van der Waals surface area contributed by atoms with Gasteiger partial charge in [0, 0.05) is 5.33 Å². The zero-order valence-electron chi connectivity index (χ0n) is 10.6. The number of aromatic nitrogens is 1. The van der Waals surface area contributed by atoms with Crippen LogP contribution in [0.1, 0.15) is 23.0 Å². The average molecular weight is 358 g/mol. The van der Waals surface area contributed by atoms with Crippen LogP contribution in [-0.2, 0) is 10.1 Å². The summed E-state index contributed by atoms with van der Waals surface area (Å²) >= 11 is 3.04. The van der Waals surface area contributed by atoms with Gasteiger partial charge in [-0.1, -0.05) is 15.9 Å². The number of halogens is 4. The van der Waals surface area contributed by atoms with E-state index in [-0.39, 0.29) is 23.4 Å². The Morgan fingerprint density at radius 3 is 2.55 bits per heavy atom. The number of pyridine rings is 1. The standard InChI is InChI=1S/C11H11BrF3NO4/c1-3-19-10(17)8-6(4-12)16-5-7(18-2)9(8)20-11(13,14)15/h5H,3-4H2,1-2H3. The molecule has 1 aromatic heterocycles. The van der Waals surface area contributed by atoms with E-state index in [1.807, 2.05) is 0 Å². The molecular formula is C11H11BrF3NO4. The Balaban J connectivity index is 3.43. The summed E-state index contributed by atoms with van der Waals surface area (Å²) in [5, 5.41) is 0.0549. The molecule has 1 aromatic rings. The highest BCUT2D eigenvalue weighted by Crippen LogP contribution is 2.37. The maximum atomic E-state index is 12.5. The summed E-state index contributed by atoms with van der Waals surface area (Å²) in [5.74, 6) is -2.04. The largest absolute Gasteiger partial charge is 0.573 e. The fourth-order valence-electron chi connectivity index (χ4n) is 1.39. The molecular weight excluding hydrogens is 347 g/mol. The Hall–Kier alpha value is -1.51. The first-order valence-corrected chi connectivity index (χ1v) is 6.50. The van der Waals surface area contributed by atoms with E-state index in [0.717, 1.165) is 13.3 Å². The molecule has 0 saturated heterocycles. The van der Waals surface area contributed by atoms with Crippen molar-refractivity contribution in [2.75, 3.05) is 13.7 Å². The SMILES string of the molecule is CCOC(=O)c1c(CBr)ncc(OC)c1OC(F)(F)F. The van der Waals surface area contributed by atoms with E-state index in [1.165, 1.54) is 6.92 Å². The van der Waals surface area contributed by atoms with Crippen molar-refractivity contribution in [2.45, 2.75) is 18.6 Å². The second-order valence-electron chi connectivity index (χ2n) is 3.38. The normalized spacial score (nSPS) is 11.1. The third-order valence-corrected chi connectivity index (χ3v) is 2.65. The quantitative estimate of drug-likeness (QED) is 0.598. The summed E-state index contributed by atoms with van der Waals surface area (Å²) in [6.45, 7) is 1.53. The number of methoxy groups -OCH3 is 1. The molecule has 1 heterocycles. The summed E-state index contributed by atoms with van der Waals surface area (Å²) in [7, 11) is 1.14. The fourth-order valence-corrected chi connectivity index (χ4v) is 1.82. The van der Waals surface area contributed by atoms with Crippen molar-refractivity contribution in [3.8, 4) is 11.5 Å². The van der Waals surface area contributed by atoms with Gasteiger partial charge in [0.05, 0.1) is 25.6 Å². The number of hydrogen-bond donors (Lipinski definition) is 0. The summed E-state index contributed by atoms with van der Waals surface area (Å²) in [5.41, 5.74) is -0.357. The van der Waals surface area contributed by atoms with Crippen LogP contribution in [0.15, 0.2) is 6.20 Å². The predicted octanol–water partition coefficient (Wildman–Crippen LogP) is 3.06. The first kappa shape index (κ1) is 16.5. The minimum atomic E-state index is -4.97. The zero-order chi connectivity index (χ0) is 15.3. The van der Waals surface area contributed by atoms with Crippen LogP contribution in [0.4, 0.5) is 13.2 Å². The first-order chi connectivity index (χ1) is 9.34. The van der Waals surface area contributed by atoms with Crippen molar-refractivity contribution < 1.29 is 32.2 Å². The highest BCUT2D eigenvalue weighted by Gasteiger charge is 2.36. The number of carbonyl (C=O) groups is 1.